The number of nitriles is 1. The molecule has 146 heavy (non-hydrogen) atoms. The smallest absolute Gasteiger partial charge is 0.410 e. The van der Waals surface area contributed by atoms with Gasteiger partial charge in [0.05, 0.1) is 62.7 Å². The number of carbonyl (C=O) groups is 3. The van der Waals surface area contributed by atoms with E-state index in [1.54, 1.807) is 13.8 Å². The molecule has 4 aliphatic heterocycles. The number of hydrogen-bond donors (Lipinski definition) is 0. The summed E-state index contributed by atoms with van der Waals surface area (Å²) in [5.74, 6) is 0.494. The maximum absolute atomic E-state index is 11.9. The first kappa shape index (κ1) is 119. The minimum atomic E-state index is -0.394. The third-order valence-corrected chi connectivity index (χ3v) is 33.8. The molecule has 0 spiro atoms. The van der Waals surface area contributed by atoms with E-state index in [-0.39, 0.29) is 61.4 Å². The van der Waals surface area contributed by atoms with Gasteiger partial charge in [0.25, 0.3) is 0 Å². The van der Waals surface area contributed by atoms with Gasteiger partial charge in [-0.25, -0.2) is 4.79 Å². The molecule has 4 saturated heterocycles. The Kier molecular flexibility index (Phi) is 59.4. The van der Waals surface area contributed by atoms with Crippen molar-refractivity contribution < 1.29 is 19.1 Å². The third-order valence-electron chi connectivity index (χ3n) is 24.9. The fraction of sp³-hybridized carbons (Fsp3) is 0.397. The zero-order valence-corrected chi connectivity index (χ0v) is 92.3. The minimum Gasteiger partial charge on any atom is -0.662 e. The van der Waals surface area contributed by atoms with Gasteiger partial charge in [-0.3, -0.25) is 29.2 Å². The summed E-state index contributed by atoms with van der Waals surface area (Å²) in [6.45, 7) is 45.6. The van der Waals surface area contributed by atoms with Crippen molar-refractivity contribution in [2.24, 2.45) is 0 Å². The molecule has 20 heteroatoms. The van der Waals surface area contributed by atoms with Crippen molar-refractivity contribution in [1.82, 2.24) is 39.2 Å². The van der Waals surface area contributed by atoms with Crippen LogP contribution in [0.5, 0.6) is 0 Å². The van der Waals surface area contributed by atoms with Gasteiger partial charge in [0.1, 0.15) is 11.4 Å². The van der Waals surface area contributed by atoms with Gasteiger partial charge in [0.15, 0.2) is 58.7 Å². The molecule has 0 aliphatic carbocycles. The summed E-state index contributed by atoms with van der Waals surface area (Å²) in [7, 11) is -0.0585. The molecule has 4 fully saturated rings. The number of unbranched alkanes of at least 4 members (excludes halogenated alkanes) is 8. The number of ether oxygens (including phenoxy) is 1. The van der Waals surface area contributed by atoms with E-state index < -0.39 is 5.60 Å². The monoisotopic (exact) mass is 2040 g/mol. The van der Waals surface area contributed by atoms with Crippen molar-refractivity contribution in [2.45, 2.75) is 204 Å². The maximum Gasteiger partial charge on any atom is 0.410 e. The van der Waals surface area contributed by atoms with E-state index in [0.717, 1.165) is 151 Å². The first-order valence-corrected chi connectivity index (χ1v) is 58.4. The number of carbonyl (C=O) groups excluding carboxylic acids is 3. The Morgan fingerprint density at radius 3 is 0.664 bits per heavy atom. The number of benzene rings is 12. The number of rotatable bonds is 40. The van der Waals surface area contributed by atoms with Gasteiger partial charge in [-0.05, 0) is 225 Å². The maximum atomic E-state index is 11.9. The van der Waals surface area contributed by atoms with Crippen molar-refractivity contribution in [3.8, 4) is 6.07 Å². The predicted molar refractivity (Wildman–Crippen MR) is 618 cm³/mol. The Balaban J connectivity index is 0.000000186. The molecular formula is C126H167N12O4S4+. The molecule has 0 aromatic heterocycles. The summed E-state index contributed by atoms with van der Waals surface area (Å²) in [5.41, 5.74) is -0.394. The lowest BCUT2D eigenvalue weighted by Gasteiger charge is -2.35. The van der Waals surface area contributed by atoms with E-state index >= 15 is 0 Å². The SMILES string of the molecule is CCCCCN1CCN(C(=O)OC(C)(C)C)CC1.CC[N-]CCCCCN1CCN(C(C)=O)CC1.CC[N-]CCCCCN1CCN(CC#N)CC1.CC[N-]CCCCCN1CCN(CC(C)=O)CC1.c1ccc([S+](c2ccccc2)c2ccccc2)cc1.c1ccc([S+](c2ccccc2)c2ccccc2)cc1.c1ccc([S+](c2ccccc2)c2ccccc2)cc1.c1ccc([S+](c2ccccc2)c2ccccc2)cc1. The highest BCUT2D eigenvalue weighted by Gasteiger charge is 2.33. The van der Waals surface area contributed by atoms with Crippen LogP contribution < -0.4 is 0 Å². The average Bonchev–Trinajstić information content (AvgIpc) is 0.828. The second-order valence-corrected chi connectivity index (χ2v) is 45.5. The zero-order chi connectivity index (χ0) is 103. The van der Waals surface area contributed by atoms with E-state index in [4.69, 9.17) is 10.00 Å². The Bertz CT molecular complexity index is 4480. The molecular weight excluding hydrogens is 1870 g/mol. The fourth-order valence-corrected chi connectivity index (χ4v) is 25.5. The molecule has 12 aromatic carbocycles. The quantitative estimate of drug-likeness (QED) is 0.0205. The van der Waals surface area contributed by atoms with Crippen LogP contribution in [-0.4, -0.2) is 246 Å². The molecule has 16 rings (SSSR count). The molecule has 0 N–H and O–H groups in total. The molecule has 0 radical (unpaired) electrons. The summed E-state index contributed by atoms with van der Waals surface area (Å²) in [4.78, 5) is 68.6. The highest BCUT2D eigenvalue weighted by Crippen LogP contribution is 2.35. The normalized spacial score (nSPS) is 14.1. The summed E-state index contributed by atoms with van der Waals surface area (Å²) in [5, 5.41) is 21.6. The van der Waals surface area contributed by atoms with Gasteiger partial charge < -0.3 is 40.3 Å². The van der Waals surface area contributed by atoms with Crippen molar-refractivity contribution in [3.05, 3.63) is 380 Å². The number of amides is 2. The Morgan fingerprint density at radius 1 is 0.274 bits per heavy atom. The lowest BCUT2D eigenvalue weighted by Crippen LogP contribution is -2.50. The third kappa shape index (κ3) is 47.4. The van der Waals surface area contributed by atoms with Crippen molar-refractivity contribution in [3.63, 3.8) is 0 Å². The standard InChI is InChI=1S/4C18H15S.C14H28N3O.C14H28N2O2.C13H25N4.C13H26N3O/c4*1-4-10-16(11-5-1)19(17-12-6-2-7-13-17)18-14-8-3-9-15-18;1-3-15-7-5-4-6-8-16-9-11-17(12-10-16)13-14(2)18;1-5-6-7-8-15-9-11-16(12-10-15)13(17)18-14(2,3)4;1-2-15-7-4-3-5-8-16-10-12-17(9-6-14)13-11-16;1-3-14-7-5-4-6-8-15-9-11-16(12-10-15)13(2)17/h4*1-15H;3-13H2,1-2H3;5-12H2,1-4H3;2-5,7-13H2,1H3;3-12H2,1-2H3/q4*+1;-1;;2*-1. The van der Waals surface area contributed by atoms with Crippen LogP contribution >= 0.6 is 0 Å². The van der Waals surface area contributed by atoms with Crippen LogP contribution in [0.3, 0.4) is 0 Å². The first-order chi connectivity index (χ1) is 71.5. The highest BCUT2D eigenvalue weighted by atomic mass is 32.2. The van der Waals surface area contributed by atoms with Gasteiger partial charge in [-0.2, -0.15) is 24.9 Å². The van der Waals surface area contributed by atoms with E-state index in [2.05, 4.69) is 443 Å². The zero-order valence-electron chi connectivity index (χ0n) is 89.1. The number of piperazine rings is 4. The molecule has 4 aliphatic rings. The fourth-order valence-electron chi connectivity index (χ4n) is 17.1. The molecule has 0 saturated carbocycles. The van der Waals surface area contributed by atoms with Crippen LogP contribution in [-0.2, 0) is 57.9 Å². The predicted octanol–water partition coefficient (Wildman–Crippen LogP) is 27.0. The molecule has 16 nitrogen and oxygen atoms in total. The summed E-state index contributed by atoms with van der Waals surface area (Å²) in [6.07, 6.45) is 15.0. The van der Waals surface area contributed by atoms with Crippen molar-refractivity contribution in [2.75, 3.05) is 183 Å². The van der Waals surface area contributed by atoms with E-state index in [9.17, 15) is 14.4 Å². The van der Waals surface area contributed by atoms with E-state index in [0.29, 0.717) is 13.1 Å². The topological polar surface area (TPSA) is 152 Å². The van der Waals surface area contributed by atoms with E-state index in [1.165, 1.54) is 155 Å². The Hall–Kier alpha value is -10.4. The van der Waals surface area contributed by atoms with Crippen molar-refractivity contribution >= 4 is 61.4 Å². The summed E-state index contributed by atoms with van der Waals surface area (Å²) >= 11 is 0. The average molecular weight is 2040 g/mol. The lowest BCUT2D eigenvalue weighted by molar-refractivity contribution is -0.130. The molecule has 0 bridgehead atoms. The second-order valence-electron chi connectivity index (χ2n) is 37.4. The van der Waals surface area contributed by atoms with Gasteiger partial charge >= 0.3 is 6.09 Å². The number of ketones is 1. The molecule has 778 valence electrons. The number of hydrogen-bond acceptors (Lipinski definition) is 11. The van der Waals surface area contributed by atoms with Gasteiger partial charge in [0.2, 0.25) is 5.91 Å². The van der Waals surface area contributed by atoms with Crippen LogP contribution in [0.2, 0.25) is 0 Å². The van der Waals surface area contributed by atoms with Crippen LogP contribution in [0, 0.1) is 11.3 Å². The van der Waals surface area contributed by atoms with Gasteiger partial charge in [-0.1, -0.05) is 297 Å². The molecule has 0 atom stereocenters. The van der Waals surface area contributed by atoms with Gasteiger partial charge in [-0.15, -0.1) is 19.6 Å². The van der Waals surface area contributed by atoms with E-state index in [1.807, 2.05) is 30.6 Å². The van der Waals surface area contributed by atoms with Crippen LogP contribution in [0.25, 0.3) is 16.0 Å². The summed E-state index contributed by atoms with van der Waals surface area (Å²) < 4.78 is 5.38. The number of Topliss-reactive ketones (excluding diaryl/α,β-unsaturated/α-hetero) is 1. The number of nitrogens with zero attached hydrogens (tertiary/aromatic N) is 12. The van der Waals surface area contributed by atoms with Crippen LogP contribution in [0.15, 0.2) is 423 Å². The highest BCUT2D eigenvalue weighted by molar-refractivity contribution is 7.98. The van der Waals surface area contributed by atoms with Gasteiger partial charge in [0, 0.05) is 112 Å². The molecule has 12 aromatic rings. The molecule has 2 amide bonds. The van der Waals surface area contributed by atoms with Crippen molar-refractivity contribution in [1.29, 1.82) is 5.26 Å². The van der Waals surface area contributed by atoms with Crippen LogP contribution in [0.1, 0.15) is 139 Å². The molecule has 0 unspecified atom stereocenters. The lowest BCUT2D eigenvalue weighted by atomic mass is 10.2. The first-order valence-electron chi connectivity index (χ1n) is 53.5. The Morgan fingerprint density at radius 2 is 0.473 bits per heavy atom. The molecule has 4 heterocycles. The Labute approximate surface area is 891 Å². The van der Waals surface area contributed by atoms with Crippen LogP contribution in [0.4, 0.5) is 4.79 Å². The second kappa shape index (κ2) is 72.8. The summed E-state index contributed by atoms with van der Waals surface area (Å²) in [6, 6.07) is 131. The largest absolute Gasteiger partial charge is 0.662 e. The minimum absolute atomic E-state index is 0.0146.